The molecule has 1 atom stereocenters. The lowest BCUT2D eigenvalue weighted by Gasteiger charge is -2.18. The highest BCUT2D eigenvalue weighted by Crippen LogP contribution is 2.23. The van der Waals surface area contributed by atoms with Crippen molar-refractivity contribution in [3.8, 4) is 0 Å². The molecule has 0 aromatic heterocycles. The number of hydrogen-bond donors (Lipinski definition) is 0. The number of benzene rings is 1. The first kappa shape index (κ1) is 19.2. The molecule has 0 unspecified atom stereocenters. The van der Waals surface area contributed by atoms with E-state index in [1.54, 1.807) is 18.2 Å². The molecule has 4 heteroatoms. The van der Waals surface area contributed by atoms with Gasteiger partial charge in [-0.3, -0.25) is 4.79 Å². The van der Waals surface area contributed by atoms with E-state index < -0.39 is 0 Å². The predicted octanol–water partition coefficient (Wildman–Crippen LogP) is 5.33. The van der Waals surface area contributed by atoms with E-state index in [-0.39, 0.29) is 11.7 Å². The van der Waals surface area contributed by atoms with Crippen molar-refractivity contribution in [2.75, 3.05) is 20.6 Å². The Hall–Kier alpha value is -0.830. The van der Waals surface area contributed by atoms with E-state index in [2.05, 4.69) is 11.8 Å². The third-order valence-corrected chi connectivity index (χ3v) is 4.27. The summed E-state index contributed by atoms with van der Waals surface area (Å²) in [5, 5.41) is 1.03. The SMILES string of the molecule is CCCCC[C@@H](CN(C)C)C(=O)/C=C\c1ccc(Cl)c(Cl)c1. The largest absolute Gasteiger partial charge is 0.309 e. The van der Waals surface area contributed by atoms with Crippen LogP contribution in [0.1, 0.15) is 38.2 Å². The molecule has 0 bridgehead atoms. The molecule has 0 heterocycles. The van der Waals surface area contributed by atoms with Crippen LogP contribution in [0.15, 0.2) is 24.3 Å². The fourth-order valence-electron chi connectivity index (χ4n) is 2.34. The highest BCUT2D eigenvalue weighted by molar-refractivity contribution is 6.42. The van der Waals surface area contributed by atoms with Gasteiger partial charge in [-0.2, -0.15) is 0 Å². The molecule has 1 aromatic carbocycles. The first-order chi connectivity index (χ1) is 10.4. The molecule has 0 aliphatic carbocycles. The standard InChI is InChI=1S/C18H25Cl2NO/c1-4-5-6-7-15(13-21(2)3)18(22)11-9-14-8-10-16(19)17(20)12-14/h8-12,15H,4-7,13H2,1-3H3/b11-9-/t15-/m0/s1. The third-order valence-electron chi connectivity index (χ3n) is 3.53. The highest BCUT2D eigenvalue weighted by Gasteiger charge is 2.16. The lowest BCUT2D eigenvalue weighted by atomic mass is 9.95. The van der Waals surface area contributed by atoms with Gasteiger partial charge in [0.25, 0.3) is 0 Å². The summed E-state index contributed by atoms with van der Waals surface area (Å²) in [4.78, 5) is 14.5. The number of carbonyl (C=O) groups is 1. The van der Waals surface area contributed by atoms with Gasteiger partial charge >= 0.3 is 0 Å². The summed E-state index contributed by atoms with van der Waals surface area (Å²) < 4.78 is 0. The maximum absolute atomic E-state index is 12.4. The van der Waals surface area contributed by atoms with Crippen molar-refractivity contribution in [3.63, 3.8) is 0 Å². The number of carbonyl (C=O) groups excluding carboxylic acids is 1. The minimum Gasteiger partial charge on any atom is -0.309 e. The number of halogens is 2. The van der Waals surface area contributed by atoms with Crippen molar-refractivity contribution >= 4 is 35.1 Å². The van der Waals surface area contributed by atoms with Crippen molar-refractivity contribution in [2.45, 2.75) is 32.6 Å². The van der Waals surface area contributed by atoms with Gasteiger partial charge in [0.1, 0.15) is 0 Å². The molecule has 0 fully saturated rings. The van der Waals surface area contributed by atoms with Crippen molar-refractivity contribution < 1.29 is 4.79 Å². The van der Waals surface area contributed by atoms with Crippen LogP contribution in [0, 0.1) is 5.92 Å². The molecule has 0 saturated heterocycles. The van der Waals surface area contributed by atoms with Crippen LogP contribution < -0.4 is 0 Å². The number of nitrogens with zero attached hydrogens (tertiary/aromatic N) is 1. The van der Waals surface area contributed by atoms with Crippen LogP contribution in [0.5, 0.6) is 0 Å². The van der Waals surface area contributed by atoms with Gasteiger partial charge < -0.3 is 4.90 Å². The van der Waals surface area contributed by atoms with Crippen LogP contribution in [0.2, 0.25) is 10.0 Å². The Morgan fingerprint density at radius 1 is 1.23 bits per heavy atom. The molecule has 2 nitrogen and oxygen atoms in total. The van der Waals surface area contributed by atoms with Crippen molar-refractivity contribution in [2.24, 2.45) is 5.92 Å². The minimum atomic E-state index is 0.0561. The Morgan fingerprint density at radius 3 is 2.55 bits per heavy atom. The zero-order valence-electron chi connectivity index (χ0n) is 13.6. The van der Waals surface area contributed by atoms with Crippen LogP contribution in [0.25, 0.3) is 6.08 Å². The fourth-order valence-corrected chi connectivity index (χ4v) is 2.64. The summed E-state index contributed by atoms with van der Waals surface area (Å²) in [6, 6.07) is 5.37. The molecule has 0 aliphatic rings. The molecule has 1 rings (SSSR count). The molecule has 0 spiro atoms. The number of allylic oxidation sites excluding steroid dienone is 1. The van der Waals surface area contributed by atoms with Crippen molar-refractivity contribution in [1.82, 2.24) is 4.90 Å². The van der Waals surface area contributed by atoms with E-state index in [1.807, 2.05) is 26.2 Å². The molecule has 0 N–H and O–H groups in total. The normalized spacial score (nSPS) is 13.0. The molecular formula is C18H25Cl2NO. The summed E-state index contributed by atoms with van der Waals surface area (Å²) >= 11 is 11.9. The smallest absolute Gasteiger partial charge is 0.160 e. The monoisotopic (exact) mass is 341 g/mol. The van der Waals surface area contributed by atoms with E-state index in [1.165, 1.54) is 12.8 Å². The van der Waals surface area contributed by atoms with Crippen LogP contribution in [-0.4, -0.2) is 31.3 Å². The van der Waals surface area contributed by atoms with Gasteiger partial charge in [-0.05, 0) is 44.3 Å². The average molecular weight is 342 g/mol. The zero-order valence-corrected chi connectivity index (χ0v) is 15.1. The fraction of sp³-hybridized carbons (Fsp3) is 0.500. The molecule has 1 aromatic rings. The van der Waals surface area contributed by atoms with Gasteiger partial charge in [-0.25, -0.2) is 0 Å². The topological polar surface area (TPSA) is 20.3 Å². The summed E-state index contributed by atoms with van der Waals surface area (Å²) in [6.45, 7) is 2.96. The van der Waals surface area contributed by atoms with Crippen molar-refractivity contribution in [3.05, 3.63) is 39.9 Å². The van der Waals surface area contributed by atoms with Gasteiger partial charge in [-0.15, -0.1) is 0 Å². The third kappa shape index (κ3) is 6.95. The van der Waals surface area contributed by atoms with Crippen LogP contribution in [0.3, 0.4) is 0 Å². The molecule has 0 amide bonds. The van der Waals surface area contributed by atoms with E-state index in [4.69, 9.17) is 23.2 Å². The number of ketones is 1. The summed E-state index contributed by atoms with van der Waals surface area (Å²) in [5.41, 5.74) is 0.889. The first-order valence-corrected chi connectivity index (χ1v) is 8.51. The van der Waals surface area contributed by atoms with E-state index in [0.717, 1.165) is 24.9 Å². The van der Waals surface area contributed by atoms with Crippen molar-refractivity contribution in [1.29, 1.82) is 0 Å². The second-order valence-electron chi connectivity index (χ2n) is 5.86. The van der Waals surface area contributed by atoms with E-state index in [0.29, 0.717) is 10.0 Å². The van der Waals surface area contributed by atoms with Crippen LogP contribution in [-0.2, 0) is 4.79 Å². The summed E-state index contributed by atoms with van der Waals surface area (Å²) in [5.74, 6) is 0.233. The maximum Gasteiger partial charge on any atom is 0.160 e. The zero-order chi connectivity index (χ0) is 16.5. The molecular weight excluding hydrogens is 317 g/mol. The second kappa shape index (κ2) is 10.0. The van der Waals surface area contributed by atoms with Crippen LogP contribution >= 0.6 is 23.2 Å². The Bertz CT molecular complexity index is 512. The Morgan fingerprint density at radius 2 is 1.95 bits per heavy atom. The first-order valence-electron chi connectivity index (χ1n) is 7.75. The average Bonchev–Trinajstić information content (AvgIpc) is 2.47. The summed E-state index contributed by atoms with van der Waals surface area (Å²) in [6.07, 6.45) is 7.86. The van der Waals surface area contributed by atoms with Gasteiger partial charge in [0.2, 0.25) is 0 Å². The molecule has 0 radical (unpaired) electrons. The lowest BCUT2D eigenvalue weighted by molar-refractivity contribution is -0.118. The molecule has 22 heavy (non-hydrogen) atoms. The maximum atomic E-state index is 12.4. The highest BCUT2D eigenvalue weighted by atomic mass is 35.5. The van der Waals surface area contributed by atoms with Crippen LogP contribution in [0.4, 0.5) is 0 Å². The number of rotatable bonds is 9. The summed E-state index contributed by atoms with van der Waals surface area (Å²) in [7, 11) is 4.01. The van der Waals surface area contributed by atoms with E-state index >= 15 is 0 Å². The van der Waals surface area contributed by atoms with Gasteiger partial charge in [0, 0.05) is 12.5 Å². The molecule has 0 saturated carbocycles. The number of hydrogen-bond acceptors (Lipinski definition) is 2. The van der Waals surface area contributed by atoms with Gasteiger partial charge in [0.15, 0.2) is 5.78 Å². The lowest BCUT2D eigenvalue weighted by Crippen LogP contribution is -2.27. The predicted molar refractivity (Wildman–Crippen MR) is 96.7 cm³/mol. The van der Waals surface area contributed by atoms with E-state index in [9.17, 15) is 4.79 Å². The Balaban J connectivity index is 2.71. The van der Waals surface area contributed by atoms with Gasteiger partial charge in [-0.1, -0.05) is 61.5 Å². The number of unbranched alkanes of at least 4 members (excludes halogenated alkanes) is 2. The molecule has 122 valence electrons. The minimum absolute atomic E-state index is 0.0561. The Kier molecular flexibility index (Phi) is 8.77. The van der Waals surface area contributed by atoms with Gasteiger partial charge in [0.05, 0.1) is 10.0 Å². The molecule has 0 aliphatic heterocycles. The quantitative estimate of drug-likeness (QED) is 0.446. The Labute approximate surface area is 144 Å². The second-order valence-corrected chi connectivity index (χ2v) is 6.68.